The van der Waals surface area contributed by atoms with Gasteiger partial charge in [0, 0.05) is 12.8 Å². The Morgan fingerprint density at radius 2 is 1.25 bits per heavy atom. The molecule has 0 radical (unpaired) electrons. The summed E-state index contributed by atoms with van der Waals surface area (Å²) in [4.78, 5) is 80.5. The quantitative estimate of drug-likeness (QED) is 0.117. The molecule has 0 aliphatic rings. The number of carbonyl (C=O) groups is 7. The summed E-state index contributed by atoms with van der Waals surface area (Å²) < 4.78 is 0. The van der Waals surface area contributed by atoms with Crippen molar-refractivity contribution < 1.29 is 43.8 Å². The fourth-order valence-corrected chi connectivity index (χ4v) is 2.31. The van der Waals surface area contributed by atoms with Gasteiger partial charge in [-0.1, -0.05) is 0 Å². The highest BCUT2D eigenvalue weighted by atomic mass is 16.4. The molecule has 15 nitrogen and oxygen atoms in total. The topological polar surface area (TPSA) is 274 Å². The first-order valence-electron chi connectivity index (χ1n) is 9.42. The third kappa shape index (κ3) is 11.4. The molecule has 180 valence electrons. The van der Waals surface area contributed by atoms with Crippen molar-refractivity contribution in [2.75, 3.05) is 0 Å². The predicted octanol–water partition coefficient (Wildman–Crippen LogP) is -4.12. The van der Waals surface area contributed by atoms with Gasteiger partial charge >= 0.3 is 11.9 Å². The molecule has 0 saturated carbocycles. The van der Waals surface area contributed by atoms with Crippen LogP contribution < -0.4 is 33.2 Å². The molecule has 0 aromatic heterocycles. The van der Waals surface area contributed by atoms with Gasteiger partial charge in [-0.3, -0.25) is 28.8 Å². The summed E-state index contributed by atoms with van der Waals surface area (Å²) in [6, 6.07) is -5.57. The number of nitrogens with one attached hydrogen (secondary N) is 3. The van der Waals surface area contributed by atoms with Gasteiger partial charge in [0.15, 0.2) is 0 Å². The first-order valence-corrected chi connectivity index (χ1v) is 9.42. The van der Waals surface area contributed by atoms with Crippen LogP contribution in [0.15, 0.2) is 0 Å². The maximum atomic E-state index is 12.4. The number of hydrogen-bond acceptors (Lipinski definition) is 8. The first kappa shape index (κ1) is 28.2. The van der Waals surface area contributed by atoms with E-state index in [-0.39, 0.29) is 25.7 Å². The molecule has 15 heteroatoms. The van der Waals surface area contributed by atoms with Crippen LogP contribution in [-0.2, 0) is 33.6 Å². The van der Waals surface area contributed by atoms with Crippen LogP contribution in [0.1, 0.15) is 39.0 Å². The lowest BCUT2D eigenvalue weighted by Crippen LogP contribution is -2.56. The van der Waals surface area contributed by atoms with E-state index in [9.17, 15) is 33.6 Å². The molecule has 0 fully saturated rings. The molecule has 0 aliphatic heterocycles. The molecular formula is C17H28N6O9. The average molecular weight is 460 g/mol. The first-order chi connectivity index (χ1) is 14.7. The van der Waals surface area contributed by atoms with Crippen LogP contribution in [0.2, 0.25) is 0 Å². The van der Waals surface area contributed by atoms with E-state index >= 15 is 0 Å². The molecule has 0 rings (SSSR count). The Labute approximate surface area is 182 Å². The van der Waals surface area contributed by atoms with E-state index in [1.165, 1.54) is 6.92 Å². The fraction of sp³-hybridized carbons (Fsp3) is 0.588. The SMILES string of the molecule is CC(NC(=O)C(N)CCC(N)=O)C(=O)NC(CCC(N)=O)C(=O)NC(CC(=O)O)C(=O)O. The lowest BCUT2D eigenvalue weighted by Gasteiger charge is -2.23. The minimum absolute atomic E-state index is 0.0562. The van der Waals surface area contributed by atoms with E-state index in [1.54, 1.807) is 0 Å². The van der Waals surface area contributed by atoms with Crippen molar-refractivity contribution in [3.05, 3.63) is 0 Å². The van der Waals surface area contributed by atoms with Crippen molar-refractivity contribution >= 4 is 41.5 Å². The summed E-state index contributed by atoms with van der Waals surface area (Å²) in [5.41, 5.74) is 15.6. The van der Waals surface area contributed by atoms with E-state index in [1.807, 2.05) is 5.32 Å². The van der Waals surface area contributed by atoms with Gasteiger partial charge in [-0.05, 0) is 19.8 Å². The number of carbonyl (C=O) groups excluding carboxylic acids is 5. The Bertz CT molecular complexity index is 757. The zero-order valence-electron chi connectivity index (χ0n) is 17.3. The molecule has 0 saturated heterocycles. The Morgan fingerprint density at radius 3 is 1.72 bits per heavy atom. The molecule has 0 aromatic carbocycles. The number of carboxylic acids is 2. The summed E-state index contributed by atoms with van der Waals surface area (Å²) in [7, 11) is 0. The molecule has 11 N–H and O–H groups in total. The molecular weight excluding hydrogens is 432 g/mol. The minimum atomic E-state index is -1.78. The van der Waals surface area contributed by atoms with Crippen molar-refractivity contribution in [2.24, 2.45) is 17.2 Å². The van der Waals surface area contributed by atoms with Crippen LogP contribution in [0, 0.1) is 0 Å². The second-order valence-electron chi connectivity index (χ2n) is 6.91. The second-order valence-corrected chi connectivity index (χ2v) is 6.91. The minimum Gasteiger partial charge on any atom is -0.481 e. The molecule has 32 heavy (non-hydrogen) atoms. The van der Waals surface area contributed by atoms with Gasteiger partial charge in [0.1, 0.15) is 18.1 Å². The fourth-order valence-electron chi connectivity index (χ4n) is 2.31. The molecule has 0 aromatic rings. The summed E-state index contributed by atoms with van der Waals surface area (Å²) in [5.74, 6) is -7.28. The third-order valence-electron chi connectivity index (χ3n) is 4.10. The highest BCUT2D eigenvalue weighted by Gasteiger charge is 2.30. The summed E-state index contributed by atoms with van der Waals surface area (Å²) >= 11 is 0. The van der Waals surface area contributed by atoms with Crippen molar-refractivity contribution in [1.82, 2.24) is 16.0 Å². The number of primary amides is 2. The zero-order chi connectivity index (χ0) is 25.0. The maximum Gasteiger partial charge on any atom is 0.326 e. The number of amides is 5. The normalized spacial score (nSPS) is 14.2. The zero-order valence-corrected chi connectivity index (χ0v) is 17.3. The van der Waals surface area contributed by atoms with Crippen molar-refractivity contribution in [3.8, 4) is 0 Å². The lowest BCUT2D eigenvalue weighted by atomic mass is 10.1. The van der Waals surface area contributed by atoms with Gasteiger partial charge in [0.2, 0.25) is 29.5 Å². The van der Waals surface area contributed by atoms with Gasteiger partial charge in [-0.25, -0.2) is 4.79 Å². The summed E-state index contributed by atoms with van der Waals surface area (Å²) in [6.45, 7) is 1.27. The Hall–Kier alpha value is -3.75. The van der Waals surface area contributed by atoms with E-state index in [0.29, 0.717) is 0 Å². The number of rotatable bonds is 15. The third-order valence-corrected chi connectivity index (χ3v) is 4.10. The van der Waals surface area contributed by atoms with Crippen LogP contribution in [0.3, 0.4) is 0 Å². The Balaban J connectivity index is 5.16. The standard InChI is InChI=1S/C17H28N6O9/c1-7(21-15(29)8(18)2-4-11(19)24)14(28)22-9(3-5-12(20)25)16(30)23-10(17(31)32)6-13(26)27/h7-10H,2-6,18H2,1H3,(H2,19,24)(H2,20,25)(H,21,29)(H,22,28)(H,23,30)(H,26,27)(H,31,32). The molecule has 5 amide bonds. The monoisotopic (exact) mass is 460 g/mol. The Morgan fingerprint density at radius 1 is 0.750 bits per heavy atom. The highest BCUT2D eigenvalue weighted by Crippen LogP contribution is 2.02. The van der Waals surface area contributed by atoms with Gasteiger partial charge in [0.25, 0.3) is 0 Å². The second kappa shape index (κ2) is 13.5. The van der Waals surface area contributed by atoms with E-state index in [2.05, 4.69) is 10.6 Å². The molecule has 0 aliphatic carbocycles. The molecule has 4 atom stereocenters. The van der Waals surface area contributed by atoms with Gasteiger partial charge in [0.05, 0.1) is 12.5 Å². The summed E-state index contributed by atoms with van der Waals surface area (Å²) in [6.07, 6.45) is -1.79. The average Bonchev–Trinajstić information content (AvgIpc) is 2.67. The number of hydrogen-bond donors (Lipinski definition) is 8. The predicted molar refractivity (Wildman–Crippen MR) is 106 cm³/mol. The number of aliphatic carboxylic acids is 2. The molecule has 0 spiro atoms. The molecule has 4 unspecified atom stereocenters. The van der Waals surface area contributed by atoms with Crippen molar-refractivity contribution in [1.29, 1.82) is 0 Å². The van der Waals surface area contributed by atoms with E-state index in [0.717, 1.165) is 0 Å². The van der Waals surface area contributed by atoms with Crippen LogP contribution in [0.25, 0.3) is 0 Å². The van der Waals surface area contributed by atoms with Crippen LogP contribution >= 0.6 is 0 Å². The van der Waals surface area contributed by atoms with E-state index < -0.39 is 72.1 Å². The molecule has 0 heterocycles. The largest absolute Gasteiger partial charge is 0.481 e. The van der Waals surface area contributed by atoms with E-state index in [4.69, 9.17) is 27.4 Å². The Kier molecular flexibility index (Phi) is 11.9. The van der Waals surface area contributed by atoms with Crippen LogP contribution in [0.5, 0.6) is 0 Å². The smallest absolute Gasteiger partial charge is 0.326 e. The van der Waals surface area contributed by atoms with Crippen molar-refractivity contribution in [3.63, 3.8) is 0 Å². The number of carboxylic acid groups (broad SMARTS) is 2. The maximum absolute atomic E-state index is 12.4. The van der Waals surface area contributed by atoms with Gasteiger partial charge < -0.3 is 43.4 Å². The van der Waals surface area contributed by atoms with Gasteiger partial charge in [-0.2, -0.15) is 0 Å². The van der Waals surface area contributed by atoms with Crippen LogP contribution in [-0.4, -0.2) is 75.9 Å². The molecule has 0 bridgehead atoms. The van der Waals surface area contributed by atoms with Gasteiger partial charge in [-0.15, -0.1) is 0 Å². The lowest BCUT2D eigenvalue weighted by molar-refractivity contribution is -0.147. The summed E-state index contributed by atoms with van der Waals surface area (Å²) in [5, 5.41) is 24.3. The van der Waals surface area contributed by atoms with Crippen LogP contribution in [0.4, 0.5) is 0 Å². The highest BCUT2D eigenvalue weighted by molar-refractivity contribution is 5.94. The number of nitrogens with two attached hydrogens (primary N) is 3. The van der Waals surface area contributed by atoms with Crippen molar-refractivity contribution in [2.45, 2.75) is 63.2 Å².